The molecule has 0 unspecified atom stereocenters. The lowest BCUT2D eigenvalue weighted by atomic mass is 9.83. The number of nitrogens with zero attached hydrogens (tertiary/aromatic N) is 3. The van der Waals surface area contributed by atoms with Crippen molar-refractivity contribution in [2.24, 2.45) is 5.92 Å². The van der Waals surface area contributed by atoms with E-state index in [0.29, 0.717) is 17.1 Å². The van der Waals surface area contributed by atoms with Crippen molar-refractivity contribution in [3.8, 4) is 0 Å². The molecule has 3 fully saturated rings. The normalized spacial score (nSPS) is 26.4. The number of piperidine rings is 3. The predicted molar refractivity (Wildman–Crippen MR) is 94.0 cm³/mol. The summed E-state index contributed by atoms with van der Waals surface area (Å²) in [5.41, 5.74) is 0.943. The Morgan fingerprint density at radius 1 is 1.39 bits per heavy atom. The third-order valence-corrected chi connectivity index (χ3v) is 6.08. The van der Waals surface area contributed by atoms with Crippen molar-refractivity contribution in [1.82, 2.24) is 14.8 Å². The molecule has 0 saturated carbocycles. The Labute approximate surface area is 140 Å². The fourth-order valence-corrected chi connectivity index (χ4v) is 4.76. The van der Waals surface area contributed by atoms with Crippen LogP contribution in [0.5, 0.6) is 0 Å². The van der Waals surface area contributed by atoms with Crippen molar-refractivity contribution in [3.05, 3.63) is 24.3 Å². The first-order valence-corrected chi connectivity index (χ1v) is 9.22. The maximum atomic E-state index is 12.8. The van der Waals surface area contributed by atoms with Gasteiger partial charge in [0.1, 0.15) is 0 Å². The molecular formula is C17H22N4OS. The van der Waals surface area contributed by atoms with E-state index in [1.54, 1.807) is 0 Å². The molecule has 122 valence electrons. The molecule has 2 bridgehead atoms. The van der Waals surface area contributed by atoms with Gasteiger partial charge < -0.3 is 9.80 Å². The van der Waals surface area contributed by atoms with Crippen molar-refractivity contribution in [1.29, 1.82) is 0 Å². The highest BCUT2D eigenvalue weighted by atomic mass is 32.1. The van der Waals surface area contributed by atoms with E-state index in [2.05, 4.69) is 22.1 Å². The van der Waals surface area contributed by atoms with E-state index in [4.69, 9.17) is 0 Å². The van der Waals surface area contributed by atoms with Crippen LogP contribution in [0.1, 0.15) is 19.8 Å². The molecule has 0 aliphatic carbocycles. The van der Waals surface area contributed by atoms with Gasteiger partial charge in [0.15, 0.2) is 5.13 Å². The Morgan fingerprint density at radius 2 is 2.17 bits per heavy atom. The summed E-state index contributed by atoms with van der Waals surface area (Å²) in [7, 11) is 0. The number of hydrogen-bond acceptors (Lipinski definition) is 4. The van der Waals surface area contributed by atoms with Gasteiger partial charge in [0, 0.05) is 19.1 Å². The monoisotopic (exact) mass is 330 g/mol. The van der Waals surface area contributed by atoms with Crippen LogP contribution in [0, 0.1) is 5.92 Å². The molecule has 1 N–H and O–H groups in total. The summed E-state index contributed by atoms with van der Waals surface area (Å²) >= 11 is 1.54. The highest BCUT2D eigenvalue weighted by Gasteiger charge is 2.38. The summed E-state index contributed by atoms with van der Waals surface area (Å²) in [5.74, 6) is 0.654. The van der Waals surface area contributed by atoms with Crippen molar-refractivity contribution in [2.75, 3.05) is 31.5 Å². The average Bonchev–Trinajstić information content (AvgIpc) is 2.99. The van der Waals surface area contributed by atoms with Gasteiger partial charge in [-0.1, -0.05) is 23.5 Å². The van der Waals surface area contributed by atoms with Crippen LogP contribution in [0.25, 0.3) is 10.2 Å². The SMILES string of the molecule is CCN(C(=O)Nc1nc2ccccc2s1)[C@H]1CN2CCC1CC2. The fourth-order valence-electron chi connectivity index (χ4n) is 3.90. The number of urea groups is 1. The second-order valence-electron chi connectivity index (χ2n) is 6.41. The minimum atomic E-state index is -0.00898. The predicted octanol–water partition coefficient (Wildman–Crippen LogP) is 3.24. The van der Waals surface area contributed by atoms with Crippen LogP contribution in [-0.4, -0.2) is 53.0 Å². The van der Waals surface area contributed by atoms with E-state index in [0.717, 1.165) is 23.3 Å². The number of likely N-dealkylation sites (N-methyl/N-ethyl adjacent to an activating group) is 1. The van der Waals surface area contributed by atoms with Gasteiger partial charge in [0.25, 0.3) is 0 Å². The number of anilines is 1. The van der Waals surface area contributed by atoms with Crippen LogP contribution in [0.15, 0.2) is 24.3 Å². The van der Waals surface area contributed by atoms with E-state index >= 15 is 0 Å². The lowest BCUT2D eigenvalue weighted by Crippen LogP contribution is -2.59. The zero-order valence-electron chi connectivity index (χ0n) is 13.4. The molecule has 5 rings (SSSR count). The Kier molecular flexibility index (Phi) is 3.95. The number of hydrogen-bond donors (Lipinski definition) is 1. The van der Waals surface area contributed by atoms with E-state index < -0.39 is 0 Å². The molecule has 3 saturated heterocycles. The molecule has 3 aliphatic heterocycles. The first kappa shape index (κ1) is 14.9. The zero-order chi connectivity index (χ0) is 15.8. The number of fused-ring (bicyclic) bond motifs is 4. The number of benzene rings is 1. The maximum Gasteiger partial charge on any atom is 0.323 e. The van der Waals surface area contributed by atoms with Gasteiger partial charge in [-0.05, 0) is 50.9 Å². The molecule has 0 spiro atoms. The fraction of sp³-hybridized carbons (Fsp3) is 0.529. The molecule has 23 heavy (non-hydrogen) atoms. The first-order chi connectivity index (χ1) is 11.2. The molecule has 1 aromatic heterocycles. The van der Waals surface area contributed by atoms with Crippen molar-refractivity contribution < 1.29 is 4.79 Å². The number of nitrogens with one attached hydrogen (secondary N) is 1. The summed E-state index contributed by atoms with van der Waals surface area (Å²) in [4.78, 5) is 21.8. The second-order valence-corrected chi connectivity index (χ2v) is 7.44. The van der Waals surface area contributed by atoms with Gasteiger partial charge in [0.2, 0.25) is 0 Å². The summed E-state index contributed by atoms with van der Waals surface area (Å²) in [6.07, 6.45) is 2.44. The molecule has 5 nitrogen and oxygen atoms in total. The number of carbonyl (C=O) groups excluding carboxylic acids is 1. The van der Waals surface area contributed by atoms with Crippen LogP contribution >= 0.6 is 11.3 Å². The van der Waals surface area contributed by atoms with Crippen LogP contribution in [0.4, 0.5) is 9.93 Å². The van der Waals surface area contributed by atoms with Crippen LogP contribution in [0.3, 0.4) is 0 Å². The third kappa shape index (κ3) is 2.81. The molecule has 2 amide bonds. The highest BCUT2D eigenvalue weighted by molar-refractivity contribution is 7.22. The van der Waals surface area contributed by atoms with Gasteiger partial charge in [-0.15, -0.1) is 0 Å². The number of para-hydroxylation sites is 1. The summed E-state index contributed by atoms with van der Waals surface area (Å²) in [6, 6.07) is 8.32. The second kappa shape index (κ2) is 6.09. The first-order valence-electron chi connectivity index (χ1n) is 8.40. The molecule has 0 radical (unpaired) electrons. The quantitative estimate of drug-likeness (QED) is 0.940. The molecule has 3 aliphatic rings. The highest BCUT2D eigenvalue weighted by Crippen LogP contribution is 2.32. The maximum absolute atomic E-state index is 12.8. The Hall–Kier alpha value is -1.66. The number of carbonyl (C=O) groups is 1. The van der Waals surface area contributed by atoms with Gasteiger partial charge in [-0.2, -0.15) is 0 Å². The Morgan fingerprint density at radius 3 is 2.83 bits per heavy atom. The van der Waals surface area contributed by atoms with Crippen molar-refractivity contribution in [3.63, 3.8) is 0 Å². The average molecular weight is 330 g/mol. The number of thiazole rings is 1. The summed E-state index contributed by atoms with van der Waals surface area (Å²) < 4.78 is 1.11. The Balaban J connectivity index is 1.50. The van der Waals surface area contributed by atoms with Crippen molar-refractivity contribution >= 4 is 32.7 Å². The Bertz CT molecular complexity index is 674. The summed E-state index contributed by atoms with van der Waals surface area (Å²) in [6.45, 7) is 6.21. The smallest absolute Gasteiger partial charge is 0.320 e. The minimum absolute atomic E-state index is 0.00898. The molecular weight excluding hydrogens is 308 g/mol. The number of amides is 2. The topological polar surface area (TPSA) is 48.5 Å². The van der Waals surface area contributed by atoms with Gasteiger partial charge >= 0.3 is 6.03 Å². The largest absolute Gasteiger partial charge is 0.323 e. The lowest BCUT2D eigenvalue weighted by Gasteiger charge is -2.48. The van der Waals surface area contributed by atoms with Crippen LogP contribution < -0.4 is 5.32 Å². The van der Waals surface area contributed by atoms with E-state index in [1.165, 1.54) is 37.3 Å². The molecule has 2 aromatic rings. The van der Waals surface area contributed by atoms with Crippen LogP contribution in [0.2, 0.25) is 0 Å². The minimum Gasteiger partial charge on any atom is -0.320 e. The zero-order valence-corrected chi connectivity index (χ0v) is 14.2. The van der Waals surface area contributed by atoms with E-state index in [1.807, 2.05) is 29.2 Å². The van der Waals surface area contributed by atoms with E-state index in [-0.39, 0.29) is 6.03 Å². The van der Waals surface area contributed by atoms with Gasteiger partial charge in [0.05, 0.1) is 10.2 Å². The molecule has 6 heteroatoms. The summed E-state index contributed by atoms with van der Waals surface area (Å²) in [5, 5.41) is 3.71. The van der Waals surface area contributed by atoms with Crippen molar-refractivity contribution in [2.45, 2.75) is 25.8 Å². The van der Waals surface area contributed by atoms with E-state index in [9.17, 15) is 4.79 Å². The number of rotatable bonds is 3. The van der Waals surface area contributed by atoms with Crippen LogP contribution in [-0.2, 0) is 0 Å². The third-order valence-electron chi connectivity index (χ3n) is 5.13. The number of aromatic nitrogens is 1. The molecule has 4 heterocycles. The molecule has 1 atom stereocenters. The van der Waals surface area contributed by atoms with Gasteiger partial charge in [-0.25, -0.2) is 9.78 Å². The molecule has 1 aromatic carbocycles. The van der Waals surface area contributed by atoms with Gasteiger partial charge in [-0.3, -0.25) is 5.32 Å². The lowest BCUT2D eigenvalue weighted by molar-refractivity contribution is 0.0265. The standard InChI is InChI=1S/C17H22N4OS/c1-2-21(14-11-20-9-7-12(14)8-10-20)17(22)19-16-18-13-5-3-4-6-15(13)23-16/h3-6,12,14H,2,7-11H2,1H3,(H,18,19,22)/t14-/m0/s1.